The van der Waals surface area contributed by atoms with Crippen LogP contribution in [0.15, 0.2) is 84.9 Å². The molecular weight excluding hydrogens is 330 g/mol. The van der Waals surface area contributed by atoms with Gasteiger partial charge in [-0.3, -0.25) is 4.79 Å². The van der Waals surface area contributed by atoms with E-state index in [0.29, 0.717) is 6.42 Å². The molecule has 3 aromatic rings. The Labute approximate surface area is 161 Å². The normalized spacial score (nSPS) is 19.3. The lowest BCUT2D eigenvalue weighted by atomic mass is 9.72. The number of aryl methyl sites for hydroxylation is 1. The fraction of sp³-hybridized carbons (Fsp3) is 0.240. The molecule has 1 aliphatic carbocycles. The van der Waals surface area contributed by atoms with Crippen LogP contribution in [0.5, 0.6) is 0 Å². The maximum Gasteiger partial charge on any atom is 0.221 e. The topological polar surface area (TPSA) is 29.1 Å². The van der Waals surface area contributed by atoms with E-state index in [9.17, 15) is 4.79 Å². The van der Waals surface area contributed by atoms with Crippen molar-refractivity contribution in [2.24, 2.45) is 0 Å². The summed E-state index contributed by atoms with van der Waals surface area (Å²) in [6.45, 7) is 2.05. The van der Waals surface area contributed by atoms with Crippen molar-refractivity contribution in [3.63, 3.8) is 0 Å². The zero-order valence-electron chi connectivity index (χ0n) is 15.7. The number of carbonyl (C=O) groups excluding carboxylic acids is 1. The third-order valence-electron chi connectivity index (χ3n) is 5.82. The number of amides is 1. The van der Waals surface area contributed by atoms with E-state index >= 15 is 0 Å². The van der Waals surface area contributed by atoms with Crippen LogP contribution in [-0.4, -0.2) is 5.91 Å². The van der Waals surface area contributed by atoms with Crippen LogP contribution in [0.3, 0.4) is 0 Å². The Morgan fingerprint density at radius 2 is 1.56 bits per heavy atom. The Bertz CT molecular complexity index is 919. The molecule has 1 aliphatic rings. The van der Waals surface area contributed by atoms with E-state index in [2.05, 4.69) is 66.0 Å². The standard InChI is InChI=1S/C25H25NO/c1-19(20-10-4-2-5-11-20)26-24(27)18-25(22-13-6-3-7-14-22)17-16-21-12-8-9-15-23(21)25/h2-15,19H,16-18H2,1H3,(H,26,27). The van der Waals surface area contributed by atoms with E-state index in [1.165, 1.54) is 16.7 Å². The number of rotatable bonds is 5. The molecule has 0 fully saturated rings. The summed E-state index contributed by atoms with van der Waals surface area (Å²) in [5.74, 6) is 0.104. The summed E-state index contributed by atoms with van der Waals surface area (Å²) >= 11 is 0. The first-order valence-electron chi connectivity index (χ1n) is 9.67. The molecule has 0 aliphatic heterocycles. The van der Waals surface area contributed by atoms with Gasteiger partial charge in [0, 0.05) is 11.8 Å². The minimum Gasteiger partial charge on any atom is -0.350 e. The molecule has 0 radical (unpaired) electrons. The largest absolute Gasteiger partial charge is 0.350 e. The van der Waals surface area contributed by atoms with Crippen molar-refractivity contribution in [1.82, 2.24) is 5.32 Å². The fourth-order valence-electron chi connectivity index (χ4n) is 4.42. The number of carbonyl (C=O) groups is 1. The van der Waals surface area contributed by atoms with Crippen molar-refractivity contribution < 1.29 is 4.79 Å². The van der Waals surface area contributed by atoms with Crippen LogP contribution in [0.25, 0.3) is 0 Å². The molecule has 4 rings (SSSR count). The molecule has 3 aromatic carbocycles. The number of fused-ring (bicyclic) bond motifs is 1. The second-order valence-corrected chi connectivity index (χ2v) is 7.48. The van der Waals surface area contributed by atoms with Gasteiger partial charge in [-0.05, 0) is 42.0 Å². The van der Waals surface area contributed by atoms with Crippen LogP contribution in [0, 0.1) is 0 Å². The van der Waals surface area contributed by atoms with E-state index in [0.717, 1.165) is 18.4 Å². The van der Waals surface area contributed by atoms with Crippen LogP contribution < -0.4 is 5.32 Å². The van der Waals surface area contributed by atoms with Gasteiger partial charge in [-0.25, -0.2) is 0 Å². The lowest BCUT2D eigenvalue weighted by Gasteiger charge is -2.31. The molecular formula is C25H25NO. The number of benzene rings is 3. The van der Waals surface area contributed by atoms with Crippen molar-refractivity contribution in [2.75, 3.05) is 0 Å². The third kappa shape index (κ3) is 3.40. The number of nitrogens with one attached hydrogen (secondary N) is 1. The number of hydrogen-bond acceptors (Lipinski definition) is 1. The van der Waals surface area contributed by atoms with Gasteiger partial charge >= 0.3 is 0 Å². The van der Waals surface area contributed by atoms with Crippen LogP contribution in [0.4, 0.5) is 0 Å². The van der Waals surface area contributed by atoms with E-state index < -0.39 is 0 Å². The molecule has 136 valence electrons. The highest BCUT2D eigenvalue weighted by Crippen LogP contribution is 2.46. The van der Waals surface area contributed by atoms with Gasteiger partial charge in [0.15, 0.2) is 0 Å². The minimum atomic E-state index is -0.238. The van der Waals surface area contributed by atoms with Crippen molar-refractivity contribution in [1.29, 1.82) is 0 Å². The molecule has 2 unspecified atom stereocenters. The van der Waals surface area contributed by atoms with Gasteiger partial charge in [0.2, 0.25) is 5.91 Å². The highest BCUT2D eigenvalue weighted by atomic mass is 16.1. The monoisotopic (exact) mass is 355 g/mol. The van der Waals surface area contributed by atoms with Gasteiger partial charge in [0.05, 0.1) is 6.04 Å². The molecule has 1 N–H and O–H groups in total. The Balaban J connectivity index is 1.63. The molecule has 0 saturated heterocycles. The second-order valence-electron chi connectivity index (χ2n) is 7.48. The van der Waals surface area contributed by atoms with E-state index in [1.54, 1.807) is 0 Å². The molecule has 27 heavy (non-hydrogen) atoms. The zero-order chi connectivity index (χ0) is 18.7. The van der Waals surface area contributed by atoms with Gasteiger partial charge in [-0.1, -0.05) is 84.9 Å². The fourth-order valence-corrected chi connectivity index (χ4v) is 4.42. The van der Waals surface area contributed by atoms with Crippen molar-refractivity contribution in [2.45, 2.75) is 37.6 Å². The molecule has 1 amide bonds. The van der Waals surface area contributed by atoms with Gasteiger partial charge in [-0.2, -0.15) is 0 Å². The minimum absolute atomic E-state index is 0.00294. The molecule has 2 atom stereocenters. The molecule has 0 aromatic heterocycles. The summed E-state index contributed by atoms with van der Waals surface area (Å²) in [7, 11) is 0. The van der Waals surface area contributed by atoms with Crippen molar-refractivity contribution >= 4 is 5.91 Å². The Morgan fingerprint density at radius 1 is 0.926 bits per heavy atom. The van der Waals surface area contributed by atoms with Gasteiger partial charge in [-0.15, -0.1) is 0 Å². The van der Waals surface area contributed by atoms with Crippen LogP contribution >= 0.6 is 0 Å². The first kappa shape index (κ1) is 17.5. The summed E-state index contributed by atoms with van der Waals surface area (Å²) in [4.78, 5) is 13.1. The lowest BCUT2D eigenvalue weighted by Crippen LogP contribution is -2.35. The Kier molecular flexibility index (Phi) is 4.81. The lowest BCUT2D eigenvalue weighted by molar-refractivity contribution is -0.122. The van der Waals surface area contributed by atoms with Crippen molar-refractivity contribution in [3.05, 3.63) is 107 Å². The first-order valence-corrected chi connectivity index (χ1v) is 9.67. The Hall–Kier alpha value is -2.87. The smallest absolute Gasteiger partial charge is 0.221 e. The van der Waals surface area contributed by atoms with Crippen molar-refractivity contribution in [3.8, 4) is 0 Å². The summed E-state index contributed by atoms with van der Waals surface area (Å²) in [6, 6.07) is 29.2. The highest BCUT2D eigenvalue weighted by Gasteiger charge is 2.41. The Morgan fingerprint density at radius 3 is 2.30 bits per heavy atom. The van der Waals surface area contributed by atoms with E-state index in [1.807, 2.05) is 31.2 Å². The quantitative estimate of drug-likeness (QED) is 0.671. The predicted octanol–water partition coefficient (Wildman–Crippen LogP) is 5.19. The number of hydrogen-bond donors (Lipinski definition) is 1. The highest BCUT2D eigenvalue weighted by molar-refractivity contribution is 5.79. The molecule has 2 nitrogen and oxygen atoms in total. The first-order chi connectivity index (χ1) is 13.2. The zero-order valence-corrected chi connectivity index (χ0v) is 15.7. The van der Waals surface area contributed by atoms with Gasteiger partial charge in [0.1, 0.15) is 0 Å². The third-order valence-corrected chi connectivity index (χ3v) is 5.82. The summed E-state index contributed by atoms with van der Waals surface area (Å²) in [5.41, 5.74) is 4.80. The maximum atomic E-state index is 13.1. The molecule has 2 heteroatoms. The van der Waals surface area contributed by atoms with Crippen LogP contribution in [0.2, 0.25) is 0 Å². The average molecular weight is 355 g/mol. The second kappa shape index (κ2) is 7.40. The van der Waals surface area contributed by atoms with Crippen LogP contribution in [0.1, 0.15) is 48.1 Å². The summed E-state index contributed by atoms with van der Waals surface area (Å²) in [6.07, 6.45) is 2.47. The van der Waals surface area contributed by atoms with Gasteiger partial charge < -0.3 is 5.32 Å². The molecule has 0 saturated carbocycles. The van der Waals surface area contributed by atoms with E-state index in [4.69, 9.17) is 0 Å². The summed E-state index contributed by atoms with van der Waals surface area (Å²) in [5, 5.41) is 3.21. The molecule has 0 bridgehead atoms. The molecule has 0 spiro atoms. The predicted molar refractivity (Wildman–Crippen MR) is 110 cm³/mol. The average Bonchev–Trinajstić information content (AvgIpc) is 3.09. The SMILES string of the molecule is CC(NC(=O)CC1(c2ccccc2)CCc2ccccc21)c1ccccc1. The summed E-state index contributed by atoms with van der Waals surface area (Å²) < 4.78 is 0. The van der Waals surface area contributed by atoms with E-state index in [-0.39, 0.29) is 17.4 Å². The maximum absolute atomic E-state index is 13.1. The van der Waals surface area contributed by atoms with Crippen LogP contribution in [-0.2, 0) is 16.6 Å². The van der Waals surface area contributed by atoms with Gasteiger partial charge in [0.25, 0.3) is 0 Å². The molecule has 0 heterocycles.